The highest BCUT2D eigenvalue weighted by Gasteiger charge is 2.45. The summed E-state index contributed by atoms with van der Waals surface area (Å²) < 4.78 is 58.9. The van der Waals surface area contributed by atoms with E-state index in [1.54, 1.807) is 41.5 Å². The number of halogens is 3. The molecule has 2 aliphatic heterocycles. The number of aromatic nitrogens is 1. The first kappa shape index (κ1) is 33.9. The van der Waals surface area contributed by atoms with E-state index in [2.05, 4.69) is 26.3 Å². The highest BCUT2D eigenvalue weighted by molar-refractivity contribution is 6.14. The number of carbonyl (C=O) groups is 3. The van der Waals surface area contributed by atoms with E-state index >= 15 is 0 Å². The molecule has 0 aromatic carbocycles. The molecule has 1 saturated carbocycles. The van der Waals surface area contributed by atoms with Crippen LogP contribution in [0.4, 0.5) is 45.7 Å². The number of piperidine rings is 1. The van der Waals surface area contributed by atoms with Crippen molar-refractivity contribution in [3.05, 3.63) is 35.4 Å². The number of alkyl halides is 3. The summed E-state index contributed by atoms with van der Waals surface area (Å²) in [4.78, 5) is 44.7. The van der Waals surface area contributed by atoms with E-state index < -0.39 is 54.0 Å². The van der Waals surface area contributed by atoms with E-state index in [0.29, 0.717) is 23.9 Å². The highest BCUT2D eigenvalue weighted by Crippen LogP contribution is 2.44. The van der Waals surface area contributed by atoms with Crippen molar-refractivity contribution in [1.82, 2.24) is 10.3 Å². The first-order chi connectivity index (χ1) is 21.9. The second-order valence-electron chi connectivity index (χ2n) is 14.1. The second-order valence-corrected chi connectivity index (χ2v) is 14.1. The fourth-order valence-electron chi connectivity index (χ4n) is 5.61. The molecule has 0 bridgehead atoms. The van der Waals surface area contributed by atoms with E-state index in [1.165, 1.54) is 23.4 Å². The number of rotatable bonds is 6. The molecule has 12 nitrogen and oxygen atoms in total. The topological polar surface area (TPSA) is 147 Å². The van der Waals surface area contributed by atoms with E-state index in [-0.39, 0.29) is 35.8 Å². The number of nitrogens with zero attached hydrogens (tertiary/aromatic N) is 2. The van der Waals surface area contributed by atoms with Crippen molar-refractivity contribution in [2.45, 2.75) is 84.2 Å². The zero-order chi connectivity index (χ0) is 34.3. The van der Waals surface area contributed by atoms with Gasteiger partial charge >= 0.3 is 18.4 Å². The Morgan fingerprint density at radius 2 is 1.68 bits per heavy atom. The Morgan fingerprint density at radius 3 is 2.32 bits per heavy atom. The Bertz CT molecular complexity index is 1550. The van der Waals surface area contributed by atoms with Crippen LogP contribution in [-0.4, -0.2) is 66.1 Å². The van der Waals surface area contributed by atoms with Crippen molar-refractivity contribution in [1.29, 1.82) is 0 Å². The van der Waals surface area contributed by atoms with Crippen molar-refractivity contribution in [3.8, 4) is 0 Å². The second kappa shape index (κ2) is 12.6. The van der Waals surface area contributed by atoms with Gasteiger partial charge in [-0.15, -0.1) is 0 Å². The molecular formula is C32H41F3N6O6. The van der Waals surface area contributed by atoms with Crippen LogP contribution in [0.5, 0.6) is 0 Å². The summed E-state index contributed by atoms with van der Waals surface area (Å²) in [7, 11) is 0. The number of pyridine rings is 1. The van der Waals surface area contributed by atoms with Crippen LogP contribution in [0.1, 0.15) is 76.9 Å². The Kier molecular flexibility index (Phi) is 9.12. The fraction of sp³-hybridized carbons (Fsp3) is 0.562. The first-order valence-electron chi connectivity index (χ1n) is 15.5. The third-order valence-corrected chi connectivity index (χ3v) is 7.69. The number of carbonyl (C=O) groups excluding carboxylic acids is 3. The molecule has 1 saturated heterocycles. The lowest BCUT2D eigenvalue weighted by atomic mass is 9.93. The fourth-order valence-corrected chi connectivity index (χ4v) is 5.61. The minimum absolute atomic E-state index is 0.0111. The van der Waals surface area contributed by atoms with E-state index in [9.17, 15) is 27.6 Å². The number of nitrogens with one attached hydrogen (secondary N) is 4. The molecule has 4 N–H and O–H groups in total. The lowest BCUT2D eigenvalue weighted by Crippen LogP contribution is -2.54. The molecule has 3 amide bonds. The van der Waals surface area contributed by atoms with Gasteiger partial charge in [0.1, 0.15) is 16.8 Å². The van der Waals surface area contributed by atoms with Crippen molar-refractivity contribution in [3.63, 3.8) is 0 Å². The maximum absolute atomic E-state index is 14.1. The largest absolute Gasteiger partial charge is 0.444 e. The van der Waals surface area contributed by atoms with E-state index in [0.717, 1.165) is 18.4 Å². The van der Waals surface area contributed by atoms with Crippen LogP contribution in [0.3, 0.4) is 0 Å². The normalized spacial score (nSPS) is 19.9. The van der Waals surface area contributed by atoms with Crippen molar-refractivity contribution in [2.75, 3.05) is 40.5 Å². The zero-order valence-corrected chi connectivity index (χ0v) is 27.3. The Morgan fingerprint density at radius 1 is 1.00 bits per heavy atom. The number of fused-ring (bicyclic) bond motifs is 1. The summed E-state index contributed by atoms with van der Waals surface area (Å²) in [5.74, 6) is -1.82. The molecule has 2 aromatic heterocycles. The van der Waals surface area contributed by atoms with Gasteiger partial charge in [-0.1, -0.05) is 0 Å². The number of alkyl carbamates (subject to hydrolysis) is 1. The van der Waals surface area contributed by atoms with Gasteiger partial charge in [0.25, 0.3) is 5.91 Å². The molecule has 5 rings (SSSR count). The quantitative estimate of drug-likeness (QED) is 0.263. The van der Waals surface area contributed by atoms with Crippen LogP contribution in [-0.2, 0) is 9.47 Å². The van der Waals surface area contributed by atoms with Crippen molar-refractivity contribution in [2.24, 2.45) is 11.8 Å². The molecule has 4 heterocycles. The summed E-state index contributed by atoms with van der Waals surface area (Å²) in [5, 5.41) is 11.1. The van der Waals surface area contributed by atoms with E-state index in [1.807, 2.05) is 6.08 Å². The molecule has 2 fully saturated rings. The van der Waals surface area contributed by atoms with Gasteiger partial charge in [-0.25, -0.2) is 9.59 Å². The number of ether oxygens (including phenoxy) is 2. The summed E-state index contributed by atoms with van der Waals surface area (Å²) >= 11 is 0. The lowest BCUT2D eigenvalue weighted by molar-refractivity contribution is -0.177. The highest BCUT2D eigenvalue weighted by atomic mass is 19.4. The molecule has 0 unspecified atom stereocenters. The van der Waals surface area contributed by atoms with Gasteiger partial charge in [0.15, 0.2) is 5.76 Å². The Balaban J connectivity index is 1.43. The number of anilines is 4. The number of hydrogen-bond acceptors (Lipinski definition) is 9. The predicted octanol–water partition coefficient (Wildman–Crippen LogP) is 6.77. The van der Waals surface area contributed by atoms with Crippen LogP contribution in [0, 0.1) is 11.8 Å². The molecule has 47 heavy (non-hydrogen) atoms. The Hall–Kier alpha value is -4.43. The van der Waals surface area contributed by atoms with Crippen LogP contribution < -0.4 is 26.2 Å². The van der Waals surface area contributed by atoms with Crippen LogP contribution in [0.15, 0.2) is 28.5 Å². The Labute approximate surface area is 270 Å². The molecule has 3 aliphatic rings. The maximum Gasteiger partial charge on any atom is 0.414 e. The third-order valence-electron chi connectivity index (χ3n) is 7.69. The van der Waals surface area contributed by atoms with Gasteiger partial charge in [-0.3, -0.25) is 15.1 Å². The monoisotopic (exact) mass is 662 g/mol. The van der Waals surface area contributed by atoms with Gasteiger partial charge in [0, 0.05) is 25.8 Å². The summed E-state index contributed by atoms with van der Waals surface area (Å²) in [6.45, 7) is 10.2. The molecule has 0 spiro atoms. The number of hydrogen-bond donors (Lipinski definition) is 4. The average Bonchev–Trinajstić information content (AvgIpc) is 3.71. The summed E-state index contributed by atoms with van der Waals surface area (Å²) in [5.41, 5.74) is 0.205. The minimum Gasteiger partial charge on any atom is -0.444 e. The van der Waals surface area contributed by atoms with Gasteiger partial charge in [-0.05, 0) is 84.4 Å². The lowest BCUT2D eigenvalue weighted by Gasteiger charge is -2.40. The third kappa shape index (κ3) is 8.69. The van der Waals surface area contributed by atoms with Gasteiger partial charge < -0.3 is 34.7 Å². The van der Waals surface area contributed by atoms with Crippen molar-refractivity contribution >= 4 is 47.1 Å². The molecule has 2 aromatic rings. The smallest absolute Gasteiger partial charge is 0.414 e. The van der Waals surface area contributed by atoms with E-state index in [4.69, 9.17) is 13.9 Å². The summed E-state index contributed by atoms with van der Waals surface area (Å²) in [6, 6.07) is 0.594. The van der Waals surface area contributed by atoms with Crippen LogP contribution in [0.25, 0.3) is 6.08 Å². The van der Waals surface area contributed by atoms with Gasteiger partial charge in [0.2, 0.25) is 5.88 Å². The van der Waals surface area contributed by atoms with Gasteiger partial charge in [-0.2, -0.15) is 13.2 Å². The molecule has 0 radical (unpaired) electrons. The molecule has 15 heteroatoms. The molecule has 256 valence electrons. The molecule has 1 aliphatic carbocycles. The number of furan rings is 1. The average molecular weight is 663 g/mol. The van der Waals surface area contributed by atoms with Crippen LogP contribution >= 0.6 is 0 Å². The molecule has 2 atom stereocenters. The standard InChI is InChI=1S/C32H41F3N6O6/c1-30(2,3)46-28(43)38-20-12-19(32(33,34)35)15-41(16-20)22-9-10-36-14-21(22)39-26(42)24-25-23(11-18(13-37-25)17-7-8-17)45-27(24)40-29(44)47-31(4,5)6/h9-11,14,17,19-20,37H,7-8,12-13,15-16H2,1-6H3,(H,38,43)(H,39,42)(H,40,44)/t19-,20+/m1/s1. The van der Waals surface area contributed by atoms with Gasteiger partial charge in [0.05, 0.1) is 35.2 Å². The maximum atomic E-state index is 14.1. The number of amides is 3. The zero-order valence-electron chi connectivity index (χ0n) is 27.3. The first-order valence-corrected chi connectivity index (χ1v) is 15.5. The summed E-state index contributed by atoms with van der Waals surface area (Å²) in [6.07, 6.45) is 0.169. The van der Waals surface area contributed by atoms with Crippen molar-refractivity contribution < 1.29 is 41.4 Å². The SMILES string of the molecule is CC(C)(C)OC(=O)Nc1oc2c(c1C(=O)Nc1cnccc1N1C[C@@H](NC(=O)OC(C)(C)C)C[C@@H](C(F)(F)F)C1)NCC(C1CC1)=C2. The van der Waals surface area contributed by atoms with Crippen LogP contribution in [0.2, 0.25) is 0 Å². The molecular weight excluding hydrogens is 621 g/mol. The predicted molar refractivity (Wildman–Crippen MR) is 169 cm³/mol. The minimum atomic E-state index is -4.54.